The van der Waals surface area contributed by atoms with Crippen molar-refractivity contribution in [2.24, 2.45) is 0 Å². The largest absolute Gasteiger partial charge is 0.449 e. The molecule has 2 aromatic rings. The molecule has 1 fully saturated rings. The molecule has 2 aliphatic carbocycles. The third-order valence-electron chi connectivity index (χ3n) is 5.66. The van der Waals surface area contributed by atoms with Gasteiger partial charge in [0.2, 0.25) is 0 Å². The number of rotatable bonds is 7. The number of carbonyl (C=O) groups excluding carboxylic acids is 1. The lowest BCUT2D eigenvalue weighted by molar-refractivity contribution is -0.105. The highest BCUT2D eigenvalue weighted by atomic mass is 16.6. The van der Waals surface area contributed by atoms with E-state index in [0.717, 1.165) is 19.3 Å². The zero-order valence-corrected chi connectivity index (χ0v) is 15.3. The Morgan fingerprint density at radius 3 is 2.26 bits per heavy atom. The molecule has 142 valence electrons. The lowest BCUT2D eigenvalue weighted by Gasteiger charge is -2.41. The first kappa shape index (κ1) is 18.0. The summed E-state index contributed by atoms with van der Waals surface area (Å²) in [5, 5.41) is 11.8. The van der Waals surface area contributed by atoms with Crippen LogP contribution in [0.3, 0.4) is 0 Å². The normalized spacial score (nSPS) is 16.9. The van der Waals surface area contributed by atoms with Gasteiger partial charge in [-0.25, -0.2) is 4.79 Å². The van der Waals surface area contributed by atoms with Crippen LogP contribution in [0.5, 0.6) is 0 Å². The van der Waals surface area contributed by atoms with E-state index in [2.05, 4.69) is 29.6 Å². The van der Waals surface area contributed by atoms with E-state index in [0.29, 0.717) is 19.8 Å². The highest BCUT2D eigenvalue weighted by Crippen LogP contribution is 2.44. The Morgan fingerprint density at radius 1 is 1.07 bits per heavy atom. The van der Waals surface area contributed by atoms with Crippen molar-refractivity contribution in [3.8, 4) is 11.1 Å². The second kappa shape index (κ2) is 7.71. The molecule has 2 aliphatic rings. The molecule has 1 amide bonds. The minimum atomic E-state index is -0.421. The molecule has 27 heavy (non-hydrogen) atoms. The lowest BCUT2D eigenvalue weighted by Crippen LogP contribution is -2.50. The van der Waals surface area contributed by atoms with Crippen LogP contribution >= 0.6 is 0 Å². The highest BCUT2D eigenvalue weighted by molar-refractivity contribution is 5.79. The number of aliphatic hydroxyl groups excluding tert-OH is 1. The zero-order valence-electron chi connectivity index (χ0n) is 15.3. The van der Waals surface area contributed by atoms with Crippen LogP contribution < -0.4 is 5.32 Å². The molecule has 1 saturated carbocycles. The van der Waals surface area contributed by atoms with E-state index in [-0.39, 0.29) is 18.1 Å². The fraction of sp³-hybridized carbons (Fsp3) is 0.409. The molecular weight excluding hydrogens is 342 g/mol. The minimum Gasteiger partial charge on any atom is -0.449 e. The minimum absolute atomic E-state index is 0.00725. The Kier molecular flexibility index (Phi) is 5.14. The van der Waals surface area contributed by atoms with Crippen LogP contribution in [0, 0.1) is 0 Å². The highest BCUT2D eigenvalue weighted by Gasteiger charge is 2.38. The van der Waals surface area contributed by atoms with Gasteiger partial charge in [-0.1, -0.05) is 48.5 Å². The topological polar surface area (TPSA) is 67.8 Å². The monoisotopic (exact) mass is 367 g/mol. The summed E-state index contributed by atoms with van der Waals surface area (Å²) in [5.41, 5.74) is 4.50. The second-order valence-corrected chi connectivity index (χ2v) is 7.29. The molecule has 4 rings (SSSR count). The summed E-state index contributed by atoms with van der Waals surface area (Å²) >= 11 is 0. The maximum absolute atomic E-state index is 12.2. The molecule has 2 N–H and O–H groups in total. The molecule has 0 saturated heterocycles. The van der Waals surface area contributed by atoms with Gasteiger partial charge in [-0.15, -0.1) is 0 Å². The van der Waals surface area contributed by atoms with E-state index < -0.39 is 6.09 Å². The maximum Gasteiger partial charge on any atom is 0.407 e. The third-order valence-corrected chi connectivity index (χ3v) is 5.66. The molecule has 5 heteroatoms. The maximum atomic E-state index is 12.2. The number of carbonyl (C=O) groups is 1. The van der Waals surface area contributed by atoms with E-state index in [1.807, 2.05) is 24.3 Å². The van der Waals surface area contributed by atoms with E-state index >= 15 is 0 Å². The van der Waals surface area contributed by atoms with Gasteiger partial charge < -0.3 is 19.9 Å². The quantitative estimate of drug-likeness (QED) is 0.786. The van der Waals surface area contributed by atoms with Gasteiger partial charge in [-0.05, 0) is 41.5 Å². The van der Waals surface area contributed by atoms with Crippen LogP contribution in [0.15, 0.2) is 48.5 Å². The van der Waals surface area contributed by atoms with Gasteiger partial charge >= 0.3 is 6.09 Å². The standard InChI is InChI=1S/C22H25NO4/c24-12-13-27-22(10-5-11-22)15-23-21(25)26-14-20-18-8-3-1-6-16(18)17-7-2-4-9-19(17)20/h1-4,6-9,20,24H,5,10-15H2,(H,23,25). The van der Waals surface area contributed by atoms with Crippen LogP contribution in [0.25, 0.3) is 11.1 Å². The fourth-order valence-electron chi connectivity index (χ4n) is 4.09. The molecule has 0 radical (unpaired) electrons. The number of ether oxygens (including phenoxy) is 2. The summed E-state index contributed by atoms with van der Waals surface area (Å²) in [6.45, 7) is 1.02. The number of hydrogen-bond donors (Lipinski definition) is 2. The van der Waals surface area contributed by atoms with Crippen LogP contribution in [0.1, 0.15) is 36.3 Å². The van der Waals surface area contributed by atoms with Gasteiger partial charge in [-0.2, -0.15) is 0 Å². The molecular formula is C22H25NO4. The third kappa shape index (κ3) is 3.57. The summed E-state index contributed by atoms with van der Waals surface area (Å²) in [7, 11) is 0. The smallest absolute Gasteiger partial charge is 0.407 e. The summed E-state index contributed by atoms with van der Waals surface area (Å²) in [5.74, 6) is 0.0615. The summed E-state index contributed by atoms with van der Waals surface area (Å²) in [4.78, 5) is 12.2. The molecule has 5 nitrogen and oxygen atoms in total. The van der Waals surface area contributed by atoms with Crippen molar-refractivity contribution < 1.29 is 19.4 Å². The summed E-state index contributed by atoms with van der Waals surface area (Å²) < 4.78 is 11.3. The first-order valence-electron chi connectivity index (χ1n) is 9.56. The van der Waals surface area contributed by atoms with Crippen LogP contribution in [0.2, 0.25) is 0 Å². The molecule has 0 aromatic heterocycles. The van der Waals surface area contributed by atoms with Crippen molar-refractivity contribution in [1.29, 1.82) is 0 Å². The number of alkyl carbamates (subject to hydrolysis) is 1. The molecule has 0 spiro atoms. The summed E-state index contributed by atoms with van der Waals surface area (Å²) in [6.07, 6.45) is 2.46. The van der Waals surface area contributed by atoms with Gasteiger partial charge in [0, 0.05) is 12.5 Å². The first-order valence-corrected chi connectivity index (χ1v) is 9.56. The van der Waals surface area contributed by atoms with E-state index in [1.165, 1.54) is 22.3 Å². The van der Waals surface area contributed by atoms with Crippen molar-refractivity contribution in [2.45, 2.75) is 30.8 Å². The average Bonchev–Trinajstić information content (AvgIpc) is 2.99. The number of benzene rings is 2. The second-order valence-electron chi connectivity index (χ2n) is 7.29. The molecule has 0 heterocycles. The lowest BCUT2D eigenvalue weighted by atomic mass is 9.80. The Bertz CT molecular complexity index is 770. The van der Waals surface area contributed by atoms with Crippen LogP contribution in [0.4, 0.5) is 4.79 Å². The zero-order chi connectivity index (χ0) is 18.7. The fourth-order valence-corrected chi connectivity index (χ4v) is 4.09. The van der Waals surface area contributed by atoms with Crippen molar-refractivity contribution in [3.05, 3.63) is 59.7 Å². The van der Waals surface area contributed by atoms with Gasteiger partial charge in [0.05, 0.1) is 18.8 Å². The van der Waals surface area contributed by atoms with Crippen LogP contribution in [-0.2, 0) is 9.47 Å². The van der Waals surface area contributed by atoms with E-state index in [4.69, 9.17) is 14.6 Å². The van der Waals surface area contributed by atoms with Gasteiger partial charge in [0.15, 0.2) is 0 Å². The Hall–Kier alpha value is -2.37. The number of hydrogen-bond acceptors (Lipinski definition) is 4. The Morgan fingerprint density at radius 2 is 1.70 bits per heavy atom. The van der Waals surface area contributed by atoms with E-state index in [1.54, 1.807) is 0 Å². The molecule has 0 atom stereocenters. The van der Waals surface area contributed by atoms with Gasteiger partial charge in [0.25, 0.3) is 0 Å². The van der Waals surface area contributed by atoms with Gasteiger partial charge in [0.1, 0.15) is 6.61 Å². The number of amides is 1. The number of aliphatic hydroxyl groups is 1. The van der Waals surface area contributed by atoms with E-state index in [9.17, 15) is 4.79 Å². The molecule has 0 aliphatic heterocycles. The Balaban J connectivity index is 1.37. The summed E-state index contributed by atoms with van der Waals surface area (Å²) in [6, 6.07) is 16.6. The van der Waals surface area contributed by atoms with Crippen LogP contribution in [-0.4, -0.2) is 43.2 Å². The predicted octanol–water partition coefficient (Wildman–Crippen LogP) is 3.46. The van der Waals surface area contributed by atoms with Crippen molar-refractivity contribution >= 4 is 6.09 Å². The number of fused-ring (bicyclic) bond motifs is 3. The molecule has 2 aromatic carbocycles. The van der Waals surface area contributed by atoms with Crippen molar-refractivity contribution in [2.75, 3.05) is 26.4 Å². The molecule has 0 unspecified atom stereocenters. The first-order chi connectivity index (χ1) is 13.2. The predicted molar refractivity (Wildman–Crippen MR) is 103 cm³/mol. The Labute approximate surface area is 159 Å². The van der Waals surface area contributed by atoms with Crippen molar-refractivity contribution in [3.63, 3.8) is 0 Å². The number of nitrogens with one attached hydrogen (secondary N) is 1. The SMILES string of the molecule is O=C(NCC1(OCCO)CCC1)OCC1c2ccccc2-c2ccccc21. The van der Waals surface area contributed by atoms with Gasteiger partial charge in [-0.3, -0.25) is 0 Å². The van der Waals surface area contributed by atoms with Crippen molar-refractivity contribution in [1.82, 2.24) is 5.32 Å². The molecule has 0 bridgehead atoms. The average molecular weight is 367 g/mol.